The summed E-state index contributed by atoms with van der Waals surface area (Å²) in [5.74, 6) is 2.53. The largest absolute Gasteiger partial charge is 0.497 e. The molecule has 9 heteroatoms. The lowest BCUT2D eigenvalue weighted by Gasteiger charge is -2.40. The molecule has 2 aromatic rings. The zero-order valence-corrected chi connectivity index (χ0v) is 18.1. The number of methoxy groups -OCH3 is 1. The van der Waals surface area contributed by atoms with E-state index in [1.54, 1.807) is 16.9 Å². The number of pyridine rings is 1. The van der Waals surface area contributed by atoms with Crippen LogP contribution in [0.3, 0.4) is 0 Å². The summed E-state index contributed by atoms with van der Waals surface area (Å²) < 4.78 is 10.9. The molecule has 2 unspecified atom stereocenters. The van der Waals surface area contributed by atoms with Gasteiger partial charge in [-0.3, -0.25) is 14.6 Å². The van der Waals surface area contributed by atoms with Gasteiger partial charge >= 0.3 is 6.09 Å². The Morgan fingerprint density at radius 2 is 2.06 bits per heavy atom. The van der Waals surface area contributed by atoms with Crippen molar-refractivity contribution in [3.05, 3.63) is 42.0 Å². The maximum Gasteiger partial charge on any atom is 0.415 e. The molecule has 0 bridgehead atoms. The number of aromatic nitrogens is 1. The first-order chi connectivity index (χ1) is 15.1. The van der Waals surface area contributed by atoms with E-state index < -0.39 is 0 Å². The molecule has 3 aliphatic heterocycles. The number of hydrogen-bond acceptors (Lipinski definition) is 7. The summed E-state index contributed by atoms with van der Waals surface area (Å²) in [6, 6.07) is 11.4. The standard InChI is InChI=1S/C22H24N4O4S/c1-29-16-4-2-14(3-5-16)11-26-20(27)13-31-18-6-7-19(24-21(18)26)25-12-15-8-9-23-10-17(15)30-22(25)28/h2-7,15,17,23H,8-13H2,1H3. The summed E-state index contributed by atoms with van der Waals surface area (Å²) in [5, 5.41) is 3.27. The van der Waals surface area contributed by atoms with E-state index >= 15 is 0 Å². The van der Waals surface area contributed by atoms with E-state index in [1.807, 2.05) is 36.4 Å². The molecule has 2 atom stereocenters. The van der Waals surface area contributed by atoms with Crippen molar-refractivity contribution in [3.8, 4) is 5.75 Å². The fourth-order valence-electron chi connectivity index (χ4n) is 4.21. The van der Waals surface area contributed by atoms with Crippen LogP contribution in [0.5, 0.6) is 5.75 Å². The third-order valence-corrected chi connectivity index (χ3v) is 6.98. The lowest BCUT2D eigenvalue weighted by Crippen LogP contribution is -2.55. The minimum atomic E-state index is -0.381. The number of benzene rings is 1. The van der Waals surface area contributed by atoms with E-state index in [4.69, 9.17) is 14.5 Å². The number of carbonyl (C=O) groups excluding carboxylic acids is 2. The quantitative estimate of drug-likeness (QED) is 0.783. The lowest BCUT2D eigenvalue weighted by atomic mass is 9.93. The Balaban J connectivity index is 1.42. The number of amides is 2. The zero-order valence-electron chi connectivity index (χ0n) is 17.2. The average molecular weight is 441 g/mol. The Bertz CT molecular complexity index is 1000. The van der Waals surface area contributed by atoms with Crippen LogP contribution in [0.25, 0.3) is 0 Å². The van der Waals surface area contributed by atoms with E-state index in [2.05, 4.69) is 5.32 Å². The molecule has 0 aliphatic carbocycles. The van der Waals surface area contributed by atoms with Crippen molar-refractivity contribution in [1.82, 2.24) is 10.3 Å². The number of rotatable bonds is 4. The highest BCUT2D eigenvalue weighted by Crippen LogP contribution is 2.37. The second-order valence-electron chi connectivity index (χ2n) is 7.89. The summed E-state index contributed by atoms with van der Waals surface area (Å²) in [6.07, 6.45) is 0.491. The molecule has 5 rings (SSSR count). The zero-order chi connectivity index (χ0) is 21.4. The molecule has 1 aromatic heterocycles. The highest BCUT2D eigenvalue weighted by molar-refractivity contribution is 8.00. The fraction of sp³-hybridized carbons (Fsp3) is 0.409. The number of piperidine rings is 1. The molecule has 2 saturated heterocycles. The first kappa shape index (κ1) is 20.1. The molecule has 1 aromatic carbocycles. The number of ether oxygens (including phenoxy) is 2. The molecule has 4 heterocycles. The van der Waals surface area contributed by atoms with E-state index in [1.165, 1.54) is 11.8 Å². The molecule has 3 aliphatic rings. The van der Waals surface area contributed by atoms with Gasteiger partial charge in [0.2, 0.25) is 5.91 Å². The number of anilines is 2. The number of hydrogen-bond donors (Lipinski definition) is 1. The van der Waals surface area contributed by atoms with E-state index in [0.29, 0.717) is 37.0 Å². The summed E-state index contributed by atoms with van der Waals surface area (Å²) in [4.78, 5) is 34.4. The molecule has 2 fully saturated rings. The Labute approximate surface area is 184 Å². The van der Waals surface area contributed by atoms with Crippen molar-refractivity contribution in [2.45, 2.75) is 24.0 Å². The minimum absolute atomic E-state index is 0.00222. The number of nitrogens with zero attached hydrogens (tertiary/aromatic N) is 3. The summed E-state index contributed by atoms with van der Waals surface area (Å²) in [6.45, 7) is 2.61. The smallest absolute Gasteiger partial charge is 0.415 e. The number of fused-ring (bicyclic) bond motifs is 2. The highest BCUT2D eigenvalue weighted by atomic mass is 32.2. The SMILES string of the molecule is COc1ccc(CN2C(=O)CSc3ccc(N4CC5CCNCC5OC4=O)nc32)cc1. The van der Waals surface area contributed by atoms with Gasteiger partial charge in [-0.1, -0.05) is 12.1 Å². The Morgan fingerprint density at radius 1 is 1.23 bits per heavy atom. The molecule has 162 valence electrons. The van der Waals surface area contributed by atoms with Crippen LogP contribution in [0.15, 0.2) is 41.3 Å². The number of carbonyl (C=O) groups is 2. The molecule has 1 N–H and O–H groups in total. The predicted molar refractivity (Wildman–Crippen MR) is 118 cm³/mol. The van der Waals surface area contributed by atoms with Crippen LogP contribution in [0.1, 0.15) is 12.0 Å². The first-order valence-electron chi connectivity index (χ1n) is 10.4. The maximum atomic E-state index is 12.8. The van der Waals surface area contributed by atoms with Gasteiger partial charge in [-0.25, -0.2) is 9.78 Å². The normalized spacial score (nSPS) is 23.1. The monoisotopic (exact) mass is 440 g/mol. The summed E-state index contributed by atoms with van der Waals surface area (Å²) in [7, 11) is 1.62. The topological polar surface area (TPSA) is 84.0 Å². The number of nitrogens with one attached hydrogen (secondary N) is 1. The molecule has 0 saturated carbocycles. The Morgan fingerprint density at radius 3 is 2.87 bits per heavy atom. The third-order valence-electron chi connectivity index (χ3n) is 5.96. The van der Waals surface area contributed by atoms with Crippen LogP contribution < -0.4 is 19.9 Å². The van der Waals surface area contributed by atoms with E-state index in [-0.39, 0.29) is 24.0 Å². The number of thioether (sulfide) groups is 1. The summed E-state index contributed by atoms with van der Waals surface area (Å²) in [5.41, 5.74) is 0.981. The van der Waals surface area contributed by atoms with Crippen molar-refractivity contribution in [2.24, 2.45) is 5.92 Å². The predicted octanol–water partition coefficient (Wildman–Crippen LogP) is 2.66. The molecule has 8 nitrogen and oxygen atoms in total. The minimum Gasteiger partial charge on any atom is -0.497 e. The summed E-state index contributed by atoms with van der Waals surface area (Å²) >= 11 is 1.47. The fourth-order valence-corrected chi connectivity index (χ4v) is 5.10. The highest BCUT2D eigenvalue weighted by Gasteiger charge is 2.38. The van der Waals surface area contributed by atoms with Crippen molar-refractivity contribution < 1.29 is 19.1 Å². The van der Waals surface area contributed by atoms with E-state index in [0.717, 1.165) is 29.2 Å². The lowest BCUT2D eigenvalue weighted by molar-refractivity contribution is -0.116. The third kappa shape index (κ3) is 3.95. The Hall–Kier alpha value is -2.78. The first-order valence-corrected chi connectivity index (χ1v) is 11.4. The molecule has 0 spiro atoms. The maximum absolute atomic E-state index is 12.8. The Kier molecular flexibility index (Phi) is 5.45. The van der Waals surface area contributed by atoms with Crippen LogP contribution in [-0.4, -0.2) is 55.6 Å². The van der Waals surface area contributed by atoms with Crippen LogP contribution in [-0.2, 0) is 16.1 Å². The second kappa shape index (κ2) is 8.39. The van der Waals surface area contributed by atoms with Crippen molar-refractivity contribution >= 4 is 35.4 Å². The van der Waals surface area contributed by atoms with E-state index in [9.17, 15) is 9.59 Å². The van der Waals surface area contributed by atoms with Gasteiger partial charge in [0, 0.05) is 19.0 Å². The van der Waals surface area contributed by atoms with Gasteiger partial charge in [0.1, 0.15) is 17.7 Å². The molecule has 0 radical (unpaired) electrons. The molecular weight excluding hydrogens is 416 g/mol. The van der Waals surface area contributed by atoms with Gasteiger partial charge in [-0.15, -0.1) is 11.8 Å². The van der Waals surface area contributed by atoms with Crippen LogP contribution >= 0.6 is 11.8 Å². The van der Waals surface area contributed by atoms with Gasteiger partial charge in [0.25, 0.3) is 0 Å². The van der Waals surface area contributed by atoms with Crippen LogP contribution in [0.4, 0.5) is 16.4 Å². The molecule has 2 amide bonds. The van der Waals surface area contributed by atoms with Gasteiger partial charge < -0.3 is 14.8 Å². The van der Waals surface area contributed by atoms with Gasteiger partial charge in [-0.05, 0) is 42.8 Å². The van der Waals surface area contributed by atoms with Gasteiger partial charge in [-0.2, -0.15) is 0 Å². The molecular formula is C22H24N4O4S. The molecule has 31 heavy (non-hydrogen) atoms. The van der Waals surface area contributed by atoms with Crippen LogP contribution in [0, 0.1) is 5.92 Å². The van der Waals surface area contributed by atoms with Crippen molar-refractivity contribution in [3.63, 3.8) is 0 Å². The second-order valence-corrected chi connectivity index (χ2v) is 8.91. The van der Waals surface area contributed by atoms with Crippen molar-refractivity contribution in [1.29, 1.82) is 0 Å². The van der Waals surface area contributed by atoms with Crippen LogP contribution in [0.2, 0.25) is 0 Å². The van der Waals surface area contributed by atoms with Gasteiger partial charge in [0.05, 0.1) is 24.3 Å². The van der Waals surface area contributed by atoms with Crippen molar-refractivity contribution in [2.75, 3.05) is 42.3 Å². The average Bonchev–Trinajstić information content (AvgIpc) is 2.80. The van der Waals surface area contributed by atoms with Gasteiger partial charge in [0.15, 0.2) is 5.82 Å².